The van der Waals surface area contributed by atoms with Gasteiger partial charge in [0.05, 0.1) is 6.04 Å². The van der Waals surface area contributed by atoms with Gasteiger partial charge in [0.1, 0.15) is 12.1 Å². The van der Waals surface area contributed by atoms with E-state index in [0.717, 1.165) is 0 Å². The quantitative estimate of drug-likeness (QED) is 0.635. The minimum Gasteiger partial charge on any atom is -0.320 e. The molecule has 1 heterocycles. The summed E-state index contributed by atoms with van der Waals surface area (Å²) in [5, 5.41) is 2.53. The van der Waals surface area contributed by atoms with E-state index < -0.39 is 6.04 Å². The summed E-state index contributed by atoms with van der Waals surface area (Å²) in [6, 6.07) is 1.07. The topological polar surface area (TPSA) is 80.9 Å². The summed E-state index contributed by atoms with van der Waals surface area (Å²) in [6.07, 6.45) is 2.90. The first kappa shape index (κ1) is 8.61. The van der Waals surface area contributed by atoms with Gasteiger partial charge in [0, 0.05) is 6.20 Å². The highest BCUT2D eigenvalue weighted by molar-refractivity contribution is 5.93. The van der Waals surface area contributed by atoms with Crippen LogP contribution in [-0.4, -0.2) is 21.9 Å². The van der Waals surface area contributed by atoms with Gasteiger partial charge in [0.2, 0.25) is 5.91 Å². The molecule has 5 nitrogen and oxygen atoms in total. The highest BCUT2D eigenvalue weighted by atomic mass is 16.2. The van der Waals surface area contributed by atoms with Crippen LogP contribution in [0.5, 0.6) is 0 Å². The molecule has 0 aliphatic heterocycles. The second kappa shape index (κ2) is 3.77. The number of nitrogens with zero attached hydrogens (tertiary/aromatic N) is 2. The van der Waals surface area contributed by atoms with E-state index in [1.807, 2.05) is 0 Å². The molecule has 3 N–H and O–H groups in total. The number of hydrogen-bond acceptors (Lipinski definition) is 4. The van der Waals surface area contributed by atoms with Gasteiger partial charge in [-0.2, -0.15) is 0 Å². The second-order valence-electron chi connectivity index (χ2n) is 2.37. The predicted octanol–water partition coefficient (Wildman–Crippen LogP) is -0.238. The molecule has 0 bridgehead atoms. The fraction of sp³-hybridized carbons (Fsp3) is 0.286. The number of carbonyl (C=O) groups is 1. The summed E-state index contributed by atoms with van der Waals surface area (Å²) >= 11 is 0. The molecule has 1 atom stereocenters. The molecule has 0 aromatic carbocycles. The lowest BCUT2D eigenvalue weighted by atomic mass is 10.3. The summed E-state index contributed by atoms with van der Waals surface area (Å²) in [6.45, 7) is 1.61. The van der Waals surface area contributed by atoms with Crippen molar-refractivity contribution in [1.29, 1.82) is 0 Å². The molecule has 0 spiro atoms. The Bertz CT molecular complexity index is 259. The van der Waals surface area contributed by atoms with Crippen molar-refractivity contribution in [3.63, 3.8) is 0 Å². The molecule has 1 aromatic rings. The van der Waals surface area contributed by atoms with Crippen molar-refractivity contribution in [3.05, 3.63) is 18.6 Å². The number of nitrogens with two attached hydrogens (primary N) is 1. The molecule has 0 fully saturated rings. The summed E-state index contributed by atoms with van der Waals surface area (Å²) in [4.78, 5) is 18.5. The number of anilines is 1. The lowest BCUT2D eigenvalue weighted by Gasteiger charge is -2.05. The Morgan fingerprint density at radius 2 is 2.50 bits per heavy atom. The molecule has 12 heavy (non-hydrogen) atoms. The van der Waals surface area contributed by atoms with Gasteiger partial charge >= 0.3 is 0 Å². The van der Waals surface area contributed by atoms with Crippen molar-refractivity contribution in [2.45, 2.75) is 13.0 Å². The summed E-state index contributed by atoms with van der Waals surface area (Å²) in [7, 11) is 0. The first-order valence-corrected chi connectivity index (χ1v) is 3.52. The van der Waals surface area contributed by atoms with Gasteiger partial charge < -0.3 is 11.1 Å². The highest BCUT2D eigenvalue weighted by Crippen LogP contribution is 1.97. The summed E-state index contributed by atoms with van der Waals surface area (Å²) < 4.78 is 0. The molecular weight excluding hydrogens is 156 g/mol. The van der Waals surface area contributed by atoms with Crippen molar-refractivity contribution in [1.82, 2.24) is 9.97 Å². The van der Waals surface area contributed by atoms with E-state index in [-0.39, 0.29) is 5.91 Å². The Labute approximate surface area is 70.0 Å². The van der Waals surface area contributed by atoms with E-state index >= 15 is 0 Å². The molecule has 0 radical (unpaired) electrons. The third-order valence-electron chi connectivity index (χ3n) is 1.25. The Morgan fingerprint density at radius 1 is 1.75 bits per heavy atom. The summed E-state index contributed by atoms with van der Waals surface area (Å²) in [5.74, 6) is 0.209. The number of hydrogen-bond donors (Lipinski definition) is 2. The Hall–Kier alpha value is -1.49. The molecule has 0 saturated carbocycles. The minimum atomic E-state index is -0.528. The van der Waals surface area contributed by atoms with Crippen LogP contribution in [0.15, 0.2) is 18.6 Å². The van der Waals surface area contributed by atoms with Gasteiger partial charge in [-0.15, -0.1) is 0 Å². The fourth-order valence-electron chi connectivity index (χ4n) is 0.605. The van der Waals surface area contributed by atoms with E-state index in [0.29, 0.717) is 5.82 Å². The zero-order chi connectivity index (χ0) is 8.97. The zero-order valence-corrected chi connectivity index (χ0v) is 6.69. The number of rotatable bonds is 2. The fourth-order valence-corrected chi connectivity index (χ4v) is 0.605. The highest BCUT2D eigenvalue weighted by Gasteiger charge is 2.06. The Balaban J connectivity index is 2.59. The van der Waals surface area contributed by atoms with Gasteiger partial charge in [-0.1, -0.05) is 0 Å². The van der Waals surface area contributed by atoms with Crippen LogP contribution in [0.4, 0.5) is 5.82 Å². The molecule has 0 aliphatic carbocycles. The van der Waals surface area contributed by atoms with Crippen LogP contribution in [0.1, 0.15) is 6.92 Å². The minimum absolute atomic E-state index is 0.256. The smallest absolute Gasteiger partial charge is 0.242 e. The van der Waals surface area contributed by atoms with Gasteiger partial charge in [0.25, 0.3) is 0 Å². The molecule has 0 aliphatic rings. The van der Waals surface area contributed by atoms with Crippen LogP contribution >= 0.6 is 0 Å². The SMILES string of the molecule is C[C@H](N)C(=O)Nc1ccncn1. The standard InChI is InChI=1S/C7H10N4O/c1-5(8)7(12)11-6-2-3-9-4-10-6/h2-5H,8H2,1H3,(H,9,10,11,12)/t5-/m0/s1. The normalized spacial score (nSPS) is 12.2. The van der Waals surface area contributed by atoms with Gasteiger partial charge in [0.15, 0.2) is 0 Å². The molecule has 64 valence electrons. The van der Waals surface area contributed by atoms with E-state index in [1.54, 1.807) is 19.2 Å². The molecule has 5 heteroatoms. The van der Waals surface area contributed by atoms with Crippen LogP contribution < -0.4 is 11.1 Å². The molecular formula is C7H10N4O. The van der Waals surface area contributed by atoms with Crippen LogP contribution in [0.3, 0.4) is 0 Å². The van der Waals surface area contributed by atoms with Crippen LogP contribution in [0.2, 0.25) is 0 Å². The van der Waals surface area contributed by atoms with Gasteiger partial charge in [-0.25, -0.2) is 9.97 Å². The Kier molecular flexibility index (Phi) is 2.71. The maximum Gasteiger partial charge on any atom is 0.242 e. The maximum atomic E-state index is 11.0. The second-order valence-corrected chi connectivity index (χ2v) is 2.37. The first-order valence-electron chi connectivity index (χ1n) is 3.52. The number of amides is 1. The molecule has 1 rings (SSSR count). The van der Waals surface area contributed by atoms with Crippen LogP contribution in [-0.2, 0) is 4.79 Å². The molecule has 0 unspecified atom stereocenters. The van der Waals surface area contributed by atoms with E-state index in [1.165, 1.54) is 6.33 Å². The Morgan fingerprint density at radius 3 is 3.00 bits per heavy atom. The van der Waals surface area contributed by atoms with E-state index in [9.17, 15) is 4.79 Å². The van der Waals surface area contributed by atoms with E-state index in [4.69, 9.17) is 5.73 Å². The molecule has 0 saturated heterocycles. The third kappa shape index (κ3) is 2.28. The first-order chi connectivity index (χ1) is 5.70. The van der Waals surface area contributed by atoms with Crippen molar-refractivity contribution >= 4 is 11.7 Å². The van der Waals surface area contributed by atoms with Crippen molar-refractivity contribution in [3.8, 4) is 0 Å². The third-order valence-corrected chi connectivity index (χ3v) is 1.25. The number of aromatic nitrogens is 2. The molecule has 1 amide bonds. The lowest BCUT2D eigenvalue weighted by Crippen LogP contribution is -2.32. The lowest BCUT2D eigenvalue weighted by molar-refractivity contribution is -0.117. The monoisotopic (exact) mass is 166 g/mol. The number of carbonyl (C=O) groups excluding carboxylic acids is 1. The maximum absolute atomic E-state index is 11.0. The van der Waals surface area contributed by atoms with Crippen LogP contribution in [0.25, 0.3) is 0 Å². The average Bonchev–Trinajstić information content (AvgIpc) is 2.06. The average molecular weight is 166 g/mol. The van der Waals surface area contributed by atoms with E-state index in [2.05, 4.69) is 15.3 Å². The van der Waals surface area contributed by atoms with Crippen molar-refractivity contribution in [2.24, 2.45) is 5.73 Å². The predicted molar refractivity (Wildman–Crippen MR) is 44.3 cm³/mol. The van der Waals surface area contributed by atoms with Crippen LogP contribution in [0, 0.1) is 0 Å². The van der Waals surface area contributed by atoms with Crippen molar-refractivity contribution < 1.29 is 4.79 Å². The number of nitrogens with one attached hydrogen (secondary N) is 1. The van der Waals surface area contributed by atoms with Gasteiger partial charge in [-0.05, 0) is 13.0 Å². The van der Waals surface area contributed by atoms with Crippen molar-refractivity contribution in [2.75, 3.05) is 5.32 Å². The largest absolute Gasteiger partial charge is 0.320 e. The zero-order valence-electron chi connectivity index (χ0n) is 6.69. The molecule has 1 aromatic heterocycles. The van der Waals surface area contributed by atoms with Gasteiger partial charge in [-0.3, -0.25) is 4.79 Å². The summed E-state index contributed by atoms with van der Waals surface area (Å²) in [5.41, 5.74) is 5.33.